The first-order valence-corrected chi connectivity index (χ1v) is 9.68. The maximum absolute atomic E-state index is 12.7. The molecular formula is C19H16ClF3N2O2S. The number of thioether (sulfide) groups is 1. The molecule has 1 amide bonds. The van der Waals surface area contributed by atoms with Crippen molar-refractivity contribution in [2.24, 2.45) is 0 Å². The van der Waals surface area contributed by atoms with Crippen LogP contribution < -0.4 is 4.90 Å². The van der Waals surface area contributed by atoms with E-state index in [0.29, 0.717) is 24.7 Å². The lowest BCUT2D eigenvalue weighted by Gasteiger charge is -2.16. The molecule has 0 spiro atoms. The van der Waals surface area contributed by atoms with Crippen LogP contribution in [0.2, 0.25) is 5.02 Å². The van der Waals surface area contributed by atoms with Crippen molar-refractivity contribution < 1.29 is 22.8 Å². The maximum Gasteiger partial charge on any atom is 0.417 e. The third-order valence-corrected chi connectivity index (χ3v) is 5.95. The van der Waals surface area contributed by atoms with E-state index in [1.807, 2.05) is 0 Å². The van der Waals surface area contributed by atoms with Crippen molar-refractivity contribution in [2.75, 3.05) is 11.4 Å². The van der Waals surface area contributed by atoms with Crippen LogP contribution in [0.15, 0.2) is 35.5 Å². The molecule has 0 aliphatic carbocycles. The smallest absolute Gasteiger partial charge is 0.312 e. The minimum absolute atomic E-state index is 0.0511. The Hall–Kier alpha value is -2.06. The van der Waals surface area contributed by atoms with Crippen molar-refractivity contribution in [1.82, 2.24) is 4.98 Å². The number of aromatic nitrogens is 1. The van der Waals surface area contributed by atoms with Crippen LogP contribution in [0.1, 0.15) is 35.3 Å². The van der Waals surface area contributed by atoms with E-state index < -0.39 is 17.0 Å². The average Bonchev–Trinajstić information content (AvgIpc) is 3.05. The van der Waals surface area contributed by atoms with E-state index in [9.17, 15) is 22.8 Å². The van der Waals surface area contributed by atoms with Crippen molar-refractivity contribution in [3.63, 3.8) is 0 Å². The van der Waals surface area contributed by atoms with Crippen molar-refractivity contribution in [3.05, 3.63) is 52.2 Å². The normalized spacial score (nSPS) is 14.7. The highest BCUT2D eigenvalue weighted by atomic mass is 35.5. The molecule has 0 radical (unpaired) electrons. The number of amides is 1. The number of carbonyl (C=O) groups excluding carboxylic acids is 2. The van der Waals surface area contributed by atoms with Gasteiger partial charge in [0.25, 0.3) is 0 Å². The van der Waals surface area contributed by atoms with Gasteiger partial charge in [0.2, 0.25) is 5.91 Å². The molecule has 1 aliphatic heterocycles. The largest absolute Gasteiger partial charge is 0.417 e. The Morgan fingerprint density at radius 2 is 2.00 bits per heavy atom. The number of halogens is 4. The van der Waals surface area contributed by atoms with Gasteiger partial charge in [-0.15, -0.1) is 0 Å². The van der Waals surface area contributed by atoms with Gasteiger partial charge < -0.3 is 4.90 Å². The number of ketones is 1. The van der Waals surface area contributed by atoms with Crippen LogP contribution in [0.3, 0.4) is 0 Å². The zero-order chi connectivity index (χ0) is 20.6. The number of hydrogen-bond acceptors (Lipinski definition) is 4. The summed E-state index contributed by atoms with van der Waals surface area (Å²) in [5.74, 6) is -0.239. The molecule has 0 fully saturated rings. The first kappa shape index (κ1) is 20.7. The number of anilines is 1. The fraction of sp³-hybridized carbons (Fsp3) is 0.316. The summed E-state index contributed by atoms with van der Waals surface area (Å²) in [5, 5.41) is -0.574. The number of alkyl halides is 3. The summed E-state index contributed by atoms with van der Waals surface area (Å²) in [6.07, 6.45) is -3.15. The van der Waals surface area contributed by atoms with E-state index in [0.717, 1.165) is 29.1 Å². The Kier molecular flexibility index (Phi) is 5.72. The van der Waals surface area contributed by atoms with E-state index >= 15 is 0 Å². The highest BCUT2D eigenvalue weighted by molar-refractivity contribution is 8.00. The predicted octanol–water partition coefficient (Wildman–Crippen LogP) is 5.03. The Morgan fingerprint density at radius 3 is 2.61 bits per heavy atom. The van der Waals surface area contributed by atoms with Gasteiger partial charge in [0.05, 0.1) is 15.8 Å². The maximum atomic E-state index is 12.7. The van der Waals surface area contributed by atoms with Gasteiger partial charge in [0.15, 0.2) is 5.78 Å². The Balaban J connectivity index is 1.76. The molecule has 28 heavy (non-hydrogen) atoms. The summed E-state index contributed by atoms with van der Waals surface area (Å²) < 4.78 is 38.1. The van der Waals surface area contributed by atoms with Gasteiger partial charge in [-0.05, 0) is 43.2 Å². The molecule has 4 nitrogen and oxygen atoms in total. The highest BCUT2D eigenvalue weighted by Crippen LogP contribution is 2.36. The molecule has 148 valence electrons. The fourth-order valence-electron chi connectivity index (χ4n) is 3.00. The highest BCUT2D eigenvalue weighted by Gasteiger charge is 2.32. The van der Waals surface area contributed by atoms with Gasteiger partial charge in [0.1, 0.15) is 5.03 Å². The summed E-state index contributed by atoms with van der Waals surface area (Å²) in [6, 6.07) is 5.97. The van der Waals surface area contributed by atoms with Crippen LogP contribution in [0, 0.1) is 0 Å². The second-order valence-electron chi connectivity index (χ2n) is 6.40. The van der Waals surface area contributed by atoms with Gasteiger partial charge in [-0.3, -0.25) is 9.59 Å². The summed E-state index contributed by atoms with van der Waals surface area (Å²) in [5.41, 5.74) is 1.27. The van der Waals surface area contributed by atoms with Crippen molar-refractivity contribution >= 4 is 40.7 Å². The fourth-order valence-corrected chi connectivity index (χ4v) is 4.17. The minimum Gasteiger partial charge on any atom is -0.312 e. The van der Waals surface area contributed by atoms with Gasteiger partial charge >= 0.3 is 6.18 Å². The number of fused-ring (bicyclic) bond motifs is 1. The molecule has 3 rings (SSSR count). The zero-order valence-corrected chi connectivity index (χ0v) is 16.6. The number of benzene rings is 1. The van der Waals surface area contributed by atoms with Crippen LogP contribution in [-0.2, 0) is 17.4 Å². The number of rotatable bonds is 4. The Morgan fingerprint density at radius 1 is 1.29 bits per heavy atom. The van der Waals surface area contributed by atoms with Crippen molar-refractivity contribution in [2.45, 2.75) is 36.7 Å². The van der Waals surface area contributed by atoms with E-state index in [4.69, 9.17) is 11.6 Å². The van der Waals surface area contributed by atoms with E-state index in [2.05, 4.69) is 4.98 Å². The van der Waals surface area contributed by atoms with Gasteiger partial charge in [-0.25, -0.2) is 4.98 Å². The summed E-state index contributed by atoms with van der Waals surface area (Å²) in [6.45, 7) is 3.73. The number of Topliss-reactive ketones (excluding diaryl/α,β-unsaturated/α-hetero) is 1. The molecule has 0 saturated heterocycles. The van der Waals surface area contributed by atoms with E-state index in [1.165, 1.54) is 6.92 Å². The number of nitrogens with zero attached hydrogens (tertiary/aromatic N) is 2. The first-order chi connectivity index (χ1) is 13.1. The monoisotopic (exact) mass is 428 g/mol. The van der Waals surface area contributed by atoms with Crippen LogP contribution in [0.25, 0.3) is 0 Å². The molecule has 2 aromatic rings. The minimum atomic E-state index is -4.53. The van der Waals surface area contributed by atoms with E-state index in [-0.39, 0.29) is 21.7 Å². The molecule has 1 aromatic carbocycles. The van der Waals surface area contributed by atoms with Crippen LogP contribution in [0.5, 0.6) is 0 Å². The number of pyridine rings is 1. The van der Waals surface area contributed by atoms with Gasteiger partial charge in [-0.2, -0.15) is 13.2 Å². The Labute approximate surface area is 169 Å². The standard InChI is InChI=1S/C19H16ClF3N2O2S/c1-10(28-18-15(20)8-14(9-24-18)19(21,22)23)17(27)13-3-4-16-12(7-13)5-6-25(16)11(2)26/h3-4,7-10H,5-6H2,1-2H3/t10-/m1/s1. The van der Waals surface area contributed by atoms with Crippen LogP contribution in [0.4, 0.5) is 18.9 Å². The zero-order valence-electron chi connectivity index (χ0n) is 15.0. The molecule has 0 bridgehead atoms. The molecular weight excluding hydrogens is 413 g/mol. The summed E-state index contributed by atoms with van der Waals surface area (Å²) in [7, 11) is 0. The predicted molar refractivity (Wildman–Crippen MR) is 102 cm³/mol. The molecule has 0 unspecified atom stereocenters. The number of hydrogen-bond donors (Lipinski definition) is 0. The number of carbonyl (C=O) groups is 2. The Bertz CT molecular complexity index is 949. The molecule has 2 heterocycles. The van der Waals surface area contributed by atoms with Crippen LogP contribution in [-0.4, -0.2) is 28.5 Å². The lowest BCUT2D eigenvalue weighted by Crippen LogP contribution is -2.25. The van der Waals surface area contributed by atoms with Crippen molar-refractivity contribution in [1.29, 1.82) is 0 Å². The average molecular weight is 429 g/mol. The lowest BCUT2D eigenvalue weighted by molar-refractivity contribution is -0.137. The molecule has 1 atom stereocenters. The first-order valence-electron chi connectivity index (χ1n) is 8.42. The molecule has 1 aromatic heterocycles. The van der Waals surface area contributed by atoms with Crippen molar-refractivity contribution in [3.8, 4) is 0 Å². The van der Waals surface area contributed by atoms with Crippen LogP contribution >= 0.6 is 23.4 Å². The quantitative estimate of drug-likeness (QED) is 0.506. The second kappa shape index (κ2) is 7.75. The molecule has 1 aliphatic rings. The molecule has 0 saturated carbocycles. The SMILES string of the molecule is CC(=O)N1CCc2cc(C(=O)[C@@H](C)Sc3ncc(C(F)(F)F)cc3Cl)ccc21. The van der Waals surface area contributed by atoms with E-state index in [1.54, 1.807) is 30.0 Å². The third kappa shape index (κ3) is 4.17. The third-order valence-electron chi connectivity index (χ3n) is 4.43. The second-order valence-corrected chi connectivity index (χ2v) is 8.13. The topological polar surface area (TPSA) is 50.3 Å². The van der Waals surface area contributed by atoms with Gasteiger partial charge in [0, 0.05) is 30.9 Å². The molecule has 9 heteroatoms. The lowest BCUT2D eigenvalue weighted by atomic mass is 10.0. The summed E-state index contributed by atoms with van der Waals surface area (Å²) in [4.78, 5) is 29.8. The summed E-state index contributed by atoms with van der Waals surface area (Å²) >= 11 is 6.93. The molecule has 0 N–H and O–H groups in total. The van der Waals surface area contributed by atoms with Gasteiger partial charge in [-0.1, -0.05) is 23.4 Å².